The minimum Gasteiger partial charge on any atom is -0.342 e. The Morgan fingerprint density at radius 3 is 2.18 bits per heavy atom. The maximum Gasteiger partial charge on any atom is 0.225 e. The van der Waals surface area contributed by atoms with Crippen LogP contribution in [0.15, 0.2) is 24.3 Å². The molecule has 3 heterocycles. The molecule has 5 nitrogen and oxygen atoms in total. The molecule has 2 aliphatic heterocycles. The first-order valence-corrected chi connectivity index (χ1v) is 11.3. The Morgan fingerprint density at radius 1 is 0.964 bits per heavy atom. The summed E-state index contributed by atoms with van der Waals surface area (Å²) in [6, 6.07) is 8.47. The van der Waals surface area contributed by atoms with Gasteiger partial charge in [0.15, 0.2) is 4.77 Å². The Morgan fingerprint density at radius 2 is 1.57 bits per heavy atom. The van der Waals surface area contributed by atoms with Gasteiger partial charge < -0.3 is 14.0 Å². The SMILES string of the molecule is CCn1c(=S)n(CN2CCC(C(=O)N3CCCCCC3)CC2)c2ccccc21. The molecular weight excluding hydrogens is 368 g/mol. The zero-order valence-corrected chi connectivity index (χ0v) is 17.8. The fourth-order valence-corrected chi connectivity index (χ4v) is 5.17. The molecule has 2 aromatic rings. The summed E-state index contributed by atoms with van der Waals surface area (Å²) in [5.41, 5.74) is 2.42. The number of hydrogen-bond acceptors (Lipinski definition) is 3. The summed E-state index contributed by atoms with van der Waals surface area (Å²) in [4.78, 5) is 17.5. The van der Waals surface area contributed by atoms with Crippen molar-refractivity contribution >= 4 is 29.2 Å². The molecule has 28 heavy (non-hydrogen) atoms. The van der Waals surface area contributed by atoms with Crippen LogP contribution >= 0.6 is 12.2 Å². The topological polar surface area (TPSA) is 33.4 Å². The second kappa shape index (κ2) is 8.78. The van der Waals surface area contributed by atoms with Gasteiger partial charge in [-0.2, -0.15) is 0 Å². The standard InChI is InChI=1S/C22H32N4OS/c1-2-25-19-9-5-6-10-20(19)26(22(25)28)17-23-15-11-18(12-16-23)21(27)24-13-7-3-4-8-14-24/h5-6,9-10,18H,2-4,7-8,11-17H2,1H3. The molecule has 1 aromatic carbocycles. The number of imidazole rings is 1. The van der Waals surface area contributed by atoms with Crippen molar-refractivity contribution in [1.82, 2.24) is 18.9 Å². The first-order valence-electron chi connectivity index (χ1n) is 10.9. The molecule has 0 N–H and O–H groups in total. The van der Waals surface area contributed by atoms with E-state index in [1.165, 1.54) is 36.7 Å². The molecule has 0 radical (unpaired) electrons. The van der Waals surface area contributed by atoms with Crippen molar-refractivity contribution in [1.29, 1.82) is 0 Å². The summed E-state index contributed by atoms with van der Waals surface area (Å²) in [5, 5.41) is 0. The normalized spacial score (nSPS) is 19.8. The third-order valence-corrected chi connectivity index (χ3v) is 6.88. The molecule has 0 unspecified atom stereocenters. The summed E-state index contributed by atoms with van der Waals surface area (Å²) in [7, 11) is 0. The molecule has 1 aromatic heterocycles. The van der Waals surface area contributed by atoms with E-state index in [-0.39, 0.29) is 5.92 Å². The highest BCUT2D eigenvalue weighted by molar-refractivity contribution is 7.71. The van der Waals surface area contributed by atoms with E-state index in [0.29, 0.717) is 5.91 Å². The number of amides is 1. The fourth-order valence-electron chi connectivity index (χ4n) is 4.79. The van der Waals surface area contributed by atoms with E-state index < -0.39 is 0 Å². The van der Waals surface area contributed by atoms with E-state index in [0.717, 1.165) is 57.0 Å². The molecule has 0 saturated carbocycles. The van der Waals surface area contributed by atoms with Gasteiger partial charge in [-0.05, 0) is 57.0 Å². The van der Waals surface area contributed by atoms with E-state index in [1.807, 2.05) is 0 Å². The van der Waals surface area contributed by atoms with Gasteiger partial charge in [0, 0.05) is 38.6 Å². The number of aromatic nitrogens is 2. The van der Waals surface area contributed by atoms with Crippen molar-refractivity contribution < 1.29 is 4.79 Å². The Bertz CT molecular complexity index is 870. The van der Waals surface area contributed by atoms with Gasteiger partial charge in [0.1, 0.15) is 0 Å². The lowest BCUT2D eigenvalue weighted by Gasteiger charge is -2.34. The molecular formula is C22H32N4OS. The molecule has 2 fully saturated rings. The van der Waals surface area contributed by atoms with Crippen LogP contribution in [0.5, 0.6) is 0 Å². The number of rotatable bonds is 4. The van der Waals surface area contributed by atoms with E-state index >= 15 is 0 Å². The second-order valence-corrected chi connectivity index (χ2v) is 8.58. The largest absolute Gasteiger partial charge is 0.342 e. The lowest BCUT2D eigenvalue weighted by atomic mass is 9.95. The number of benzene rings is 1. The minimum atomic E-state index is 0.208. The molecule has 2 aliphatic rings. The lowest BCUT2D eigenvalue weighted by molar-refractivity contribution is -0.137. The smallest absolute Gasteiger partial charge is 0.225 e. The number of carbonyl (C=O) groups is 1. The molecule has 1 amide bonds. The van der Waals surface area contributed by atoms with Crippen molar-refractivity contribution in [2.45, 2.75) is 58.7 Å². The number of fused-ring (bicyclic) bond motifs is 1. The Hall–Kier alpha value is -1.66. The van der Waals surface area contributed by atoms with Gasteiger partial charge in [-0.1, -0.05) is 25.0 Å². The van der Waals surface area contributed by atoms with Gasteiger partial charge in [0.05, 0.1) is 17.7 Å². The first kappa shape index (κ1) is 19.6. The number of hydrogen-bond donors (Lipinski definition) is 0. The highest BCUT2D eigenvalue weighted by Crippen LogP contribution is 2.24. The number of likely N-dealkylation sites (tertiary alicyclic amines) is 2. The van der Waals surface area contributed by atoms with Crippen LogP contribution in [-0.4, -0.2) is 51.0 Å². The van der Waals surface area contributed by atoms with Crippen molar-refractivity contribution in [2.75, 3.05) is 26.2 Å². The van der Waals surface area contributed by atoms with Crippen LogP contribution in [0.1, 0.15) is 45.4 Å². The maximum atomic E-state index is 12.9. The third-order valence-electron chi connectivity index (χ3n) is 6.44. The second-order valence-electron chi connectivity index (χ2n) is 8.22. The number of carbonyl (C=O) groups excluding carboxylic acids is 1. The molecule has 6 heteroatoms. The highest BCUT2D eigenvalue weighted by atomic mass is 32.1. The molecule has 0 atom stereocenters. The molecule has 0 bridgehead atoms. The van der Waals surface area contributed by atoms with Crippen molar-refractivity contribution in [2.24, 2.45) is 5.92 Å². The molecule has 2 saturated heterocycles. The Balaban J connectivity index is 1.41. The molecule has 4 rings (SSSR count). The molecule has 0 aliphatic carbocycles. The Labute approximate surface area is 172 Å². The Kier molecular flexibility index (Phi) is 6.16. The van der Waals surface area contributed by atoms with Crippen LogP contribution in [0.2, 0.25) is 0 Å². The van der Waals surface area contributed by atoms with Crippen LogP contribution in [0.25, 0.3) is 11.0 Å². The van der Waals surface area contributed by atoms with Crippen LogP contribution in [0.3, 0.4) is 0 Å². The van der Waals surface area contributed by atoms with Crippen LogP contribution in [-0.2, 0) is 18.0 Å². The average molecular weight is 401 g/mol. The average Bonchev–Trinajstić information content (AvgIpc) is 2.89. The molecule has 0 spiro atoms. The minimum absolute atomic E-state index is 0.208. The monoisotopic (exact) mass is 400 g/mol. The predicted octanol–water partition coefficient (Wildman–Crippen LogP) is 4.26. The van der Waals surface area contributed by atoms with Crippen LogP contribution in [0.4, 0.5) is 0 Å². The third kappa shape index (κ3) is 3.90. The highest BCUT2D eigenvalue weighted by Gasteiger charge is 2.29. The van der Waals surface area contributed by atoms with Crippen LogP contribution < -0.4 is 0 Å². The lowest BCUT2D eigenvalue weighted by Crippen LogP contribution is -2.43. The van der Waals surface area contributed by atoms with Gasteiger partial charge in [-0.25, -0.2) is 0 Å². The quantitative estimate of drug-likeness (QED) is 0.719. The van der Waals surface area contributed by atoms with Crippen molar-refractivity contribution in [3.63, 3.8) is 0 Å². The maximum absolute atomic E-state index is 12.9. The van der Waals surface area contributed by atoms with Gasteiger partial charge in [-0.15, -0.1) is 0 Å². The van der Waals surface area contributed by atoms with Crippen LogP contribution in [0, 0.1) is 10.7 Å². The van der Waals surface area contributed by atoms with E-state index in [2.05, 4.69) is 50.1 Å². The van der Waals surface area contributed by atoms with E-state index in [1.54, 1.807) is 0 Å². The molecule has 152 valence electrons. The van der Waals surface area contributed by atoms with Crippen molar-refractivity contribution in [3.8, 4) is 0 Å². The van der Waals surface area contributed by atoms with Gasteiger partial charge in [0.25, 0.3) is 0 Å². The van der Waals surface area contributed by atoms with Gasteiger partial charge in [-0.3, -0.25) is 9.69 Å². The number of para-hydroxylation sites is 2. The van der Waals surface area contributed by atoms with E-state index in [9.17, 15) is 4.79 Å². The summed E-state index contributed by atoms with van der Waals surface area (Å²) in [6.45, 7) is 7.72. The number of aryl methyl sites for hydroxylation is 1. The summed E-state index contributed by atoms with van der Waals surface area (Å²) >= 11 is 5.76. The zero-order valence-electron chi connectivity index (χ0n) is 17.0. The zero-order chi connectivity index (χ0) is 19.5. The predicted molar refractivity (Wildman–Crippen MR) is 116 cm³/mol. The summed E-state index contributed by atoms with van der Waals surface area (Å²) in [5.74, 6) is 0.611. The van der Waals surface area contributed by atoms with Crippen molar-refractivity contribution in [3.05, 3.63) is 29.0 Å². The number of piperidine rings is 1. The first-order chi connectivity index (χ1) is 13.7. The summed E-state index contributed by atoms with van der Waals surface area (Å²) < 4.78 is 5.36. The fraction of sp³-hybridized carbons (Fsp3) is 0.636. The van der Waals surface area contributed by atoms with E-state index in [4.69, 9.17) is 12.2 Å². The van der Waals surface area contributed by atoms with Gasteiger partial charge in [0.2, 0.25) is 5.91 Å². The van der Waals surface area contributed by atoms with Gasteiger partial charge >= 0.3 is 0 Å². The summed E-state index contributed by atoms with van der Waals surface area (Å²) in [6.07, 6.45) is 6.82. The number of nitrogens with zero attached hydrogens (tertiary/aromatic N) is 4.